The molecular formula is C13H30N2. The van der Waals surface area contributed by atoms with Crippen molar-refractivity contribution < 1.29 is 0 Å². The number of nitrogens with one attached hydrogen (secondary N) is 1. The monoisotopic (exact) mass is 214 g/mol. The standard InChI is InChI=1S/C13H30N2/c1-11(2)9-12(3,4)10-15-8-7-13(5,6)14/h11,15H,7-10,14H2,1-6H3. The molecule has 0 aliphatic carbocycles. The summed E-state index contributed by atoms with van der Waals surface area (Å²) < 4.78 is 0. The van der Waals surface area contributed by atoms with Crippen LogP contribution in [-0.4, -0.2) is 18.6 Å². The van der Waals surface area contributed by atoms with Gasteiger partial charge in [-0.1, -0.05) is 27.7 Å². The van der Waals surface area contributed by atoms with Crippen molar-refractivity contribution in [2.24, 2.45) is 17.1 Å². The molecule has 0 atom stereocenters. The molecule has 0 radical (unpaired) electrons. The molecular weight excluding hydrogens is 184 g/mol. The second kappa shape index (κ2) is 5.86. The Kier molecular flexibility index (Phi) is 5.82. The fourth-order valence-corrected chi connectivity index (χ4v) is 2.01. The number of nitrogens with two attached hydrogens (primary N) is 1. The topological polar surface area (TPSA) is 38.0 Å². The van der Waals surface area contributed by atoms with Crippen LogP contribution in [0.25, 0.3) is 0 Å². The van der Waals surface area contributed by atoms with E-state index in [0.29, 0.717) is 5.41 Å². The molecule has 15 heavy (non-hydrogen) atoms. The fourth-order valence-electron chi connectivity index (χ4n) is 2.01. The highest BCUT2D eigenvalue weighted by atomic mass is 14.9. The Balaban J connectivity index is 3.66. The van der Waals surface area contributed by atoms with E-state index in [1.54, 1.807) is 0 Å². The lowest BCUT2D eigenvalue weighted by Gasteiger charge is -2.28. The molecule has 0 aromatic rings. The zero-order valence-corrected chi connectivity index (χ0v) is 11.5. The quantitative estimate of drug-likeness (QED) is 0.640. The minimum atomic E-state index is -0.0464. The third kappa shape index (κ3) is 10.2. The minimum Gasteiger partial charge on any atom is -0.326 e. The van der Waals surface area contributed by atoms with E-state index in [0.717, 1.165) is 25.4 Å². The molecule has 92 valence electrons. The first kappa shape index (κ1) is 14.9. The highest BCUT2D eigenvalue weighted by Crippen LogP contribution is 2.24. The van der Waals surface area contributed by atoms with Crippen molar-refractivity contribution in [2.75, 3.05) is 13.1 Å². The summed E-state index contributed by atoms with van der Waals surface area (Å²) in [6.07, 6.45) is 2.30. The third-order valence-electron chi connectivity index (χ3n) is 2.51. The molecule has 0 unspecified atom stereocenters. The van der Waals surface area contributed by atoms with E-state index in [-0.39, 0.29) is 5.54 Å². The van der Waals surface area contributed by atoms with E-state index in [4.69, 9.17) is 5.73 Å². The molecule has 0 rings (SSSR count). The van der Waals surface area contributed by atoms with Crippen molar-refractivity contribution in [1.82, 2.24) is 5.32 Å². The van der Waals surface area contributed by atoms with Crippen LogP contribution in [0.2, 0.25) is 0 Å². The molecule has 0 saturated heterocycles. The van der Waals surface area contributed by atoms with Crippen LogP contribution < -0.4 is 11.1 Å². The van der Waals surface area contributed by atoms with Crippen molar-refractivity contribution >= 4 is 0 Å². The van der Waals surface area contributed by atoms with Gasteiger partial charge in [0.1, 0.15) is 0 Å². The smallest absolute Gasteiger partial charge is 0.0109 e. The normalized spacial score (nSPS) is 13.6. The van der Waals surface area contributed by atoms with Gasteiger partial charge in [-0.3, -0.25) is 0 Å². The van der Waals surface area contributed by atoms with Gasteiger partial charge in [-0.05, 0) is 44.6 Å². The second-order valence-corrected chi connectivity index (χ2v) is 6.68. The number of hydrogen-bond acceptors (Lipinski definition) is 2. The van der Waals surface area contributed by atoms with E-state index in [1.807, 2.05) is 0 Å². The third-order valence-corrected chi connectivity index (χ3v) is 2.51. The maximum Gasteiger partial charge on any atom is 0.0109 e. The highest BCUT2D eigenvalue weighted by molar-refractivity contribution is 4.76. The SMILES string of the molecule is CC(C)CC(C)(C)CNCCC(C)(C)N. The average molecular weight is 214 g/mol. The van der Waals surface area contributed by atoms with Crippen molar-refractivity contribution in [2.45, 2.75) is 59.9 Å². The molecule has 3 N–H and O–H groups in total. The van der Waals surface area contributed by atoms with Crippen LogP contribution in [0.3, 0.4) is 0 Å². The minimum absolute atomic E-state index is 0.0464. The predicted molar refractivity (Wildman–Crippen MR) is 69.0 cm³/mol. The molecule has 0 saturated carbocycles. The summed E-state index contributed by atoms with van der Waals surface area (Å²) >= 11 is 0. The second-order valence-electron chi connectivity index (χ2n) is 6.68. The van der Waals surface area contributed by atoms with Gasteiger partial charge in [-0.25, -0.2) is 0 Å². The largest absolute Gasteiger partial charge is 0.326 e. The Labute approximate surface area is 96.0 Å². The van der Waals surface area contributed by atoms with Crippen molar-refractivity contribution in [3.63, 3.8) is 0 Å². The first-order valence-corrected chi connectivity index (χ1v) is 6.12. The Hall–Kier alpha value is -0.0800. The van der Waals surface area contributed by atoms with Crippen LogP contribution in [0, 0.1) is 11.3 Å². The molecule has 0 aromatic heterocycles. The van der Waals surface area contributed by atoms with Gasteiger partial charge in [0.2, 0.25) is 0 Å². The lowest BCUT2D eigenvalue weighted by Crippen LogP contribution is -2.38. The molecule has 0 fully saturated rings. The van der Waals surface area contributed by atoms with Gasteiger partial charge in [0.05, 0.1) is 0 Å². The Bertz CT molecular complexity index is 166. The van der Waals surface area contributed by atoms with Crippen molar-refractivity contribution in [3.05, 3.63) is 0 Å². The summed E-state index contributed by atoms with van der Waals surface area (Å²) in [6.45, 7) is 15.5. The van der Waals surface area contributed by atoms with Crippen molar-refractivity contribution in [1.29, 1.82) is 0 Å². The van der Waals surface area contributed by atoms with Gasteiger partial charge in [0, 0.05) is 12.1 Å². The lowest BCUT2D eigenvalue weighted by molar-refractivity contribution is 0.270. The summed E-state index contributed by atoms with van der Waals surface area (Å²) in [5, 5.41) is 3.51. The summed E-state index contributed by atoms with van der Waals surface area (Å²) in [6, 6.07) is 0. The molecule has 0 spiro atoms. The Morgan fingerprint density at radius 2 is 1.67 bits per heavy atom. The zero-order valence-electron chi connectivity index (χ0n) is 11.5. The van der Waals surface area contributed by atoms with Crippen LogP contribution in [0.5, 0.6) is 0 Å². The van der Waals surface area contributed by atoms with E-state index < -0.39 is 0 Å². The zero-order chi connectivity index (χ0) is 12.1. The molecule has 0 bridgehead atoms. The number of rotatable bonds is 7. The number of hydrogen-bond donors (Lipinski definition) is 2. The Morgan fingerprint density at radius 1 is 1.13 bits per heavy atom. The van der Waals surface area contributed by atoms with Gasteiger partial charge in [0.15, 0.2) is 0 Å². The van der Waals surface area contributed by atoms with E-state index in [9.17, 15) is 0 Å². The van der Waals surface area contributed by atoms with Crippen LogP contribution in [0.1, 0.15) is 54.4 Å². The summed E-state index contributed by atoms with van der Waals surface area (Å²) in [4.78, 5) is 0. The molecule has 2 heteroatoms. The Morgan fingerprint density at radius 3 is 2.07 bits per heavy atom. The van der Waals surface area contributed by atoms with Gasteiger partial charge in [-0.15, -0.1) is 0 Å². The first-order chi connectivity index (χ1) is 6.62. The van der Waals surface area contributed by atoms with E-state index in [1.165, 1.54) is 6.42 Å². The van der Waals surface area contributed by atoms with Gasteiger partial charge < -0.3 is 11.1 Å². The van der Waals surface area contributed by atoms with E-state index in [2.05, 4.69) is 46.9 Å². The molecule has 2 nitrogen and oxygen atoms in total. The molecule has 0 amide bonds. The summed E-state index contributed by atoms with van der Waals surface area (Å²) in [5.41, 5.74) is 6.28. The van der Waals surface area contributed by atoms with Gasteiger partial charge >= 0.3 is 0 Å². The lowest BCUT2D eigenvalue weighted by atomic mass is 9.84. The maximum atomic E-state index is 5.93. The predicted octanol–water partition coefficient (Wildman–Crippen LogP) is 2.78. The van der Waals surface area contributed by atoms with Crippen molar-refractivity contribution in [3.8, 4) is 0 Å². The van der Waals surface area contributed by atoms with Crippen LogP contribution in [0.15, 0.2) is 0 Å². The molecule has 0 heterocycles. The fraction of sp³-hybridized carbons (Fsp3) is 1.00. The molecule has 0 aliphatic heterocycles. The highest BCUT2D eigenvalue weighted by Gasteiger charge is 2.19. The maximum absolute atomic E-state index is 5.93. The molecule has 0 aromatic carbocycles. The van der Waals surface area contributed by atoms with Crippen LogP contribution in [-0.2, 0) is 0 Å². The average Bonchev–Trinajstić information content (AvgIpc) is 1.93. The molecule has 0 aliphatic rings. The summed E-state index contributed by atoms with van der Waals surface area (Å²) in [7, 11) is 0. The van der Waals surface area contributed by atoms with Crippen LogP contribution in [0.4, 0.5) is 0 Å². The van der Waals surface area contributed by atoms with Gasteiger partial charge in [-0.2, -0.15) is 0 Å². The van der Waals surface area contributed by atoms with E-state index >= 15 is 0 Å². The summed E-state index contributed by atoms with van der Waals surface area (Å²) in [5.74, 6) is 0.771. The van der Waals surface area contributed by atoms with Gasteiger partial charge in [0.25, 0.3) is 0 Å². The first-order valence-electron chi connectivity index (χ1n) is 6.12. The van der Waals surface area contributed by atoms with Crippen LogP contribution >= 0.6 is 0 Å².